The molecule has 10 heavy (non-hydrogen) atoms. The number of hydrogen-bond acceptors (Lipinski definition) is 1. The van der Waals surface area contributed by atoms with Crippen LogP contribution in [0.2, 0.25) is 0 Å². The van der Waals surface area contributed by atoms with Gasteiger partial charge in [0.25, 0.3) is 6.29 Å². The SMILES string of the molecule is CCCCC(C)C#C[C]=O. The van der Waals surface area contributed by atoms with E-state index in [0.717, 1.165) is 6.42 Å². The van der Waals surface area contributed by atoms with Gasteiger partial charge in [-0.05, 0) is 12.3 Å². The third-order valence-corrected chi connectivity index (χ3v) is 1.36. The summed E-state index contributed by atoms with van der Waals surface area (Å²) < 4.78 is 0. The van der Waals surface area contributed by atoms with E-state index in [-0.39, 0.29) is 0 Å². The molecule has 1 heteroatoms. The molecule has 0 saturated carbocycles. The Morgan fingerprint density at radius 3 is 2.70 bits per heavy atom. The van der Waals surface area contributed by atoms with Gasteiger partial charge in [0.05, 0.1) is 0 Å². The topological polar surface area (TPSA) is 17.1 Å². The predicted molar refractivity (Wildman–Crippen MR) is 42.2 cm³/mol. The number of rotatable bonds is 3. The van der Waals surface area contributed by atoms with Crippen molar-refractivity contribution in [1.82, 2.24) is 0 Å². The molecule has 1 nitrogen and oxygen atoms in total. The number of carbonyl (C=O) groups excluding carboxylic acids is 1. The molecule has 0 rings (SSSR count). The second kappa shape index (κ2) is 6.35. The highest BCUT2D eigenvalue weighted by atomic mass is 16.1. The summed E-state index contributed by atoms with van der Waals surface area (Å²) in [4.78, 5) is 9.68. The molecule has 1 unspecified atom stereocenters. The van der Waals surface area contributed by atoms with Crippen LogP contribution in [0.3, 0.4) is 0 Å². The molecule has 0 fully saturated rings. The summed E-state index contributed by atoms with van der Waals surface area (Å²) in [6.45, 7) is 4.17. The zero-order valence-electron chi connectivity index (χ0n) is 6.61. The van der Waals surface area contributed by atoms with Crippen molar-refractivity contribution >= 4 is 6.29 Å². The van der Waals surface area contributed by atoms with Crippen LogP contribution in [0.15, 0.2) is 0 Å². The number of hydrogen-bond donors (Lipinski definition) is 0. The third-order valence-electron chi connectivity index (χ3n) is 1.36. The molecule has 0 aromatic heterocycles. The van der Waals surface area contributed by atoms with Crippen molar-refractivity contribution in [3.05, 3.63) is 0 Å². The lowest BCUT2D eigenvalue weighted by Crippen LogP contribution is -1.89. The first kappa shape index (κ1) is 9.23. The van der Waals surface area contributed by atoms with Crippen LogP contribution >= 0.6 is 0 Å². The Hall–Kier alpha value is -0.770. The van der Waals surface area contributed by atoms with Crippen LogP contribution in [0, 0.1) is 17.8 Å². The van der Waals surface area contributed by atoms with Gasteiger partial charge < -0.3 is 0 Å². The maximum atomic E-state index is 9.68. The second-order valence-electron chi connectivity index (χ2n) is 2.41. The molecule has 0 aromatic carbocycles. The van der Waals surface area contributed by atoms with Crippen molar-refractivity contribution in [2.45, 2.75) is 33.1 Å². The molecule has 0 spiro atoms. The lowest BCUT2D eigenvalue weighted by atomic mass is 10.1. The summed E-state index contributed by atoms with van der Waals surface area (Å²) in [7, 11) is 0. The normalized spacial score (nSPS) is 11.4. The largest absolute Gasteiger partial charge is 0.284 e. The average Bonchev–Trinajstić information content (AvgIpc) is 1.97. The Kier molecular flexibility index (Phi) is 5.86. The smallest absolute Gasteiger partial charge is 0.275 e. The monoisotopic (exact) mass is 137 g/mol. The van der Waals surface area contributed by atoms with Gasteiger partial charge in [-0.2, -0.15) is 0 Å². The van der Waals surface area contributed by atoms with Gasteiger partial charge in [-0.15, -0.1) is 0 Å². The van der Waals surface area contributed by atoms with E-state index >= 15 is 0 Å². The zero-order valence-corrected chi connectivity index (χ0v) is 6.61. The van der Waals surface area contributed by atoms with Crippen molar-refractivity contribution in [3.63, 3.8) is 0 Å². The van der Waals surface area contributed by atoms with Gasteiger partial charge in [0.15, 0.2) is 0 Å². The van der Waals surface area contributed by atoms with E-state index in [1.165, 1.54) is 12.8 Å². The Balaban J connectivity index is 3.42. The minimum Gasteiger partial charge on any atom is -0.275 e. The molecular weight excluding hydrogens is 124 g/mol. The highest BCUT2D eigenvalue weighted by Crippen LogP contribution is 2.04. The molecule has 0 saturated heterocycles. The summed E-state index contributed by atoms with van der Waals surface area (Å²) in [5.41, 5.74) is 0. The lowest BCUT2D eigenvalue weighted by Gasteiger charge is -1.98. The van der Waals surface area contributed by atoms with E-state index in [4.69, 9.17) is 0 Å². The van der Waals surface area contributed by atoms with Crippen LogP contribution in [-0.4, -0.2) is 6.29 Å². The van der Waals surface area contributed by atoms with Crippen LogP contribution < -0.4 is 0 Å². The fourth-order valence-corrected chi connectivity index (χ4v) is 0.735. The fraction of sp³-hybridized carbons (Fsp3) is 0.667. The summed E-state index contributed by atoms with van der Waals surface area (Å²) in [6.07, 6.45) is 5.03. The quantitative estimate of drug-likeness (QED) is 0.543. The molecule has 0 amide bonds. The minimum absolute atomic E-state index is 0.349. The van der Waals surface area contributed by atoms with Gasteiger partial charge >= 0.3 is 0 Å². The zero-order chi connectivity index (χ0) is 7.82. The van der Waals surface area contributed by atoms with Crippen molar-refractivity contribution in [2.75, 3.05) is 0 Å². The molecule has 55 valence electrons. The first-order chi connectivity index (χ1) is 4.81. The van der Waals surface area contributed by atoms with Crippen molar-refractivity contribution in [1.29, 1.82) is 0 Å². The Morgan fingerprint density at radius 2 is 2.20 bits per heavy atom. The van der Waals surface area contributed by atoms with E-state index in [9.17, 15) is 4.79 Å². The standard InChI is InChI=1S/C9H13O/c1-3-4-6-9(2)7-5-8-10/h9H,3-4,6H2,1-2H3. The maximum Gasteiger partial charge on any atom is 0.284 e. The molecule has 1 atom stereocenters. The summed E-state index contributed by atoms with van der Waals surface area (Å²) >= 11 is 0. The molecule has 0 bridgehead atoms. The van der Waals surface area contributed by atoms with Crippen LogP contribution in [0.25, 0.3) is 0 Å². The molecule has 0 aliphatic carbocycles. The van der Waals surface area contributed by atoms with Crippen LogP contribution in [0.5, 0.6) is 0 Å². The molecule has 0 heterocycles. The summed E-state index contributed by atoms with van der Waals surface area (Å²) in [5, 5.41) is 0. The summed E-state index contributed by atoms with van der Waals surface area (Å²) in [5.74, 6) is 5.44. The van der Waals surface area contributed by atoms with Gasteiger partial charge in [0.1, 0.15) is 0 Å². The molecule has 0 aliphatic rings. The van der Waals surface area contributed by atoms with Crippen molar-refractivity contribution in [2.24, 2.45) is 5.92 Å². The lowest BCUT2D eigenvalue weighted by molar-refractivity contribution is 0.565. The van der Waals surface area contributed by atoms with Gasteiger partial charge in [-0.3, -0.25) is 4.79 Å². The average molecular weight is 137 g/mol. The van der Waals surface area contributed by atoms with Gasteiger partial charge in [-0.25, -0.2) is 0 Å². The highest BCUT2D eigenvalue weighted by molar-refractivity contribution is 5.73. The third kappa shape index (κ3) is 5.37. The highest BCUT2D eigenvalue weighted by Gasteiger charge is 1.93. The van der Waals surface area contributed by atoms with E-state index < -0.39 is 0 Å². The molecule has 0 N–H and O–H groups in total. The minimum atomic E-state index is 0.349. The first-order valence-electron chi connectivity index (χ1n) is 3.69. The van der Waals surface area contributed by atoms with Gasteiger partial charge in [-0.1, -0.05) is 32.6 Å². The molecular formula is C9H13O. The van der Waals surface area contributed by atoms with E-state index in [0.29, 0.717) is 5.92 Å². The van der Waals surface area contributed by atoms with Crippen LogP contribution in [0.4, 0.5) is 0 Å². The second-order valence-corrected chi connectivity index (χ2v) is 2.41. The van der Waals surface area contributed by atoms with E-state index in [1.807, 2.05) is 6.92 Å². The predicted octanol–water partition coefficient (Wildman–Crippen LogP) is 1.93. The maximum absolute atomic E-state index is 9.68. The Bertz CT molecular complexity index is 139. The fourth-order valence-electron chi connectivity index (χ4n) is 0.735. The van der Waals surface area contributed by atoms with E-state index in [2.05, 4.69) is 18.8 Å². The Labute approximate surface area is 62.8 Å². The first-order valence-corrected chi connectivity index (χ1v) is 3.69. The molecule has 1 radical (unpaired) electrons. The molecule has 0 aromatic rings. The summed E-state index contributed by atoms with van der Waals surface area (Å²) in [6, 6.07) is 0. The molecule has 0 aliphatic heterocycles. The Morgan fingerprint density at radius 1 is 1.50 bits per heavy atom. The van der Waals surface area contributed by atoms with E-state index in [1.54, 1.807) is 6.29 Å². The van der Waals surface area contributed by atoms with Crippen LogP contribution in [0.1, 0.15) is 33.1 Å². The van der Waals surface area contributed by atoms with Crippen molar-refractivity contribution in [3.8, 4) is 11.8 Å². The van der Waals surface area contributed by atoms with Gasteiger partial charge in [0, 0.05) is 5.92 Å². The van der Waals surface area contributed by atoms with Crippen molar-refractivity contribution < 1.29 is 4.79 Å². The number of unbranched alkanes of at least 4 members (excludes halogenated alkanes) is 1. The van der Waals surface area contributed by atoms with Gasteiger partial charge in [0.2, 0.25) is 0 Å². The van der Waals surface area contributed by atoms with Crippen LogP contribution in [-0.2, 0) is 4.79 Å².